The van der Waals surface area contributed by atoms with E-state index in [9.17, 15) is 4.79 Å². The highest BCUT2D eigenvalue weighted by molar-refractivity contribution is 7.80. The number of methoxy groups -OCH3 is 1. The van der Waals surface area contributed by atoms with Gasteiger partial charge in [-0.3, -0.25) is 4.79 Å². The number of hydrogen-bond donors (Lipinski definition) is 1. The second kappa shape index (κ2) is 4.57. The van der Waals surface area contributed by atoms with Crippen molar-refractivity contribution in [2.24, 2.45) is 11.1 Å². The average Bonchev–Trinajstić information content (AvgIpc) is 3.18. The predicted octanol–water partition coefficient (Wildman–Crippen LogP) is 1.72. The summed E-state index contributed by atoms with van der Waals surface area (Å²) in [5, 5.41) is 0. The van der Waals surface area contributed by atoms with Crippen LogP contribution >= 0.6 is 12.2 Å². The molecule has 0 spiro atoms. The maximum Gasteiger partial charge on any atom is 0.239 e. The number of para-hydroxylation sites is 2. The van der Waals surface area contributed by atoms with Crippen LogP contribution in [-0.2, 0) is 4.79 Å². The molecule has 0 saturated heterocycles. The number of anilines is 1. The second-order valence-corrected chi connectivity index (χ2v) is 4.92. The lowest BCUT2D eigenvalue weighted by molar-refractivity contribution is -0.121. The van der Waals surface area contributed by atoms with Crippen molar-refractivity contribution in [1.82, 2.24) is 0 Å². The van der Waals surface area contributed by atoms with E-state index in [1.807, 2.05) is 24.3 Å². The Morgan fingerprint density at radius 2 is 2.06 bits per heavy atom. The molecule has 0 aliphatic heterocycles. The first kappa shape index (κ1) is 12.8. The topological polar surface area (TPSA) is 55.6 Å². The van der Waals surface area contributed by atoms with E-state index in [0.29, 0.717) is 5.75 Å². The smallest absolute Gasteiger partial charge is 0.239 e. The molecule has 4 nitrogen and oxygen atoms in total. The number of nitrogens with two attached hydrogens (primary N) is 1. The summed E-state index contributed by atoms with van der Waals surface area (Å²) >= 11 is 5.00. The summed E-state index contributed by atoms with van der Waals surface area (Å²) in [6.07, 6.45) is 1.47. The first-order valence-corrected chi connectivity index (χ1v) is 6.15. The van der Waals surface area contributed by atoms with Crippen LogP contribution in [0.2, 0.25) is 0 Å². The normalized spacial score (nSPS) is 15.9. The molecule has 96 valence electrons. The average molecular weight is 264 g/mol. The van der Waals surface area contributed by atoms with Gasteiger partial charge in [0.2, 0.25) is 5.91 Å². The lowest BCUT2D eigenvalue weighted by atomic mass is 10.1. The molecule has 0 aromatic heterocycles. The van der Waals surface area contributed by atoms with E-state index in [1.165, 1.54) is 0 Å². The monoisotopic (exact) mass is 264 g/mol. The van der Waals surface area contributed by atoms with Gasteiger partial charge in [-0.25, -0.2) is 0 Å². The molecule has 1 aliphatic rings. The van der Waals surface area contributed by atoms with Gasteiger partial charge < -0.3 is 15.4 Å². The minimum atomic E-state index is -0.634. The number of rotatable bonds is 4. The van der Waals surface area contributed by atoms with Crippen molar-refractivity contribution in [2.45, 2.75) is 12.8 Å². The van der Waals surface area contributed by atoms with Crippen LogP contribution in [-0.4, -0.2) is 25.1 Å². The third-order valence-corrected chi connectivity index (χ3v) is 3.77. The molecule has 2 rings (SSSR count). The Labute approximate surface area is 112 Å². The molecular weight excluding hydrogens is 248 g/mol. The van der Waals surface area contributed by atoms with Gasteiger partial charge in [0.25, 0.3) is 0 Å². The van der Waals surface area contributed by atoms with Crippen molar-refractivity contribution in [3.05, 3.63) is 24.3 Å². The van der Waals surface area contributed by atoms with Crippen LogP contribution in [0.3, 0.4) is 0 Å². The minimum absolute atomic E-state index is 0.0560. The first-order chi connectivity index (χ1) is 8.53. The fraction of sp³-hybridized carbons (Fsp3) is 0.385. The Balaban J connectivity index is 2.29. The standard InChI is InChI=1S/C13H16N2O2S/c1-15(9-5-3-4-6-10(9)17-2)12(16)13(7-8-13)11(14)18/h3-6H,7-8H2,1-2H3,(H2,14,18). The fourth-order valence-corrected chi connectivity index (χ4v) is 2.32. The van der Waals surface area contributed by atoms with E-state index in [2.05, 4.69) is 0 Å². The summed E-state index contributed by atoms with van der Waals surface area (Å²) in [6.45, 7) is 0. The van der Waals surface area contributed by atoms with E-state index in [4.69, 9.17) is 22.7 Å². The molecule has 1 aromatic carbocycles. The molecule has 1 fully saturated rings. The van der Waals surface area contributed by atoms with Gasteiger partial charge in [0.1, 0.15) is 5.75 Å². The van der Waals surface area contributed by atoms with Gasteiger partial charge in [0, 0.05) is 7.05 Å². The Hall–Kier alpha value is -1.62. The minimum Gasteiger partial charge on any atom is -0.495 e. The zero-order valence-corrected chi connectivity index (χ0v) is 11.3. The highest BCUT2D eigenvalue weighted by Gasteiger charge is 2.54. The van der Waals surface area contributed by atoms with Crippen LogP contribution in [0.25, 0.3) is 0 Å². The van der Waals surface area contributed by atoms with Crippen LogP contribution < -0.4 is 15.4 Å². The third kappa shape index (κ3) is 1.95. The lowest BCUT2D eigenvalue weighted by Gasteiger charge is -2.24. The maximum atomic E-state index is 12.4. The fourth-order valence-electron chi connectivity index (χ4n) is 2.03. The Kier molecular flexibility index (Phi) is 3.26. The van der Waals surface area contributed by atoms with Crippen molar-refractivity contribution >= 4 is 28.8 Å². The second-order valence-electron chi connectivity index (χ2n) is 4.48. The van der Waals surface area contributed by atoms with Crippen molar-refractivity contribution in [2.75, 3.05) is 19.1 Å². The summed E-state index contributed by atoms with van der Waals surface area (Å²) in [7, 11) is 3.30. The summed E-state index contributed by atoms with van der Waals surface area (Å²) in [6, 6.07) is 7.38. The quantitative estimate of drug-likeness (QED) is 0.841. The molecular formula is C13H16N2O2S. The number of benzene rings is 1. The molecule has 0 radical (unpaired) electrons. The molecule has 1 saturated carbocycles. The summed E-state index contributed by atoms with van der Waals surface area (Å²) < 4.78 is 5.25. The summed E-state index contributed by atoms with van der Waals surface area (Å²) in [4.78, 5) is 14.3. The van der Waals surface area contributed by atoms with Crippen LogP contribution in [0.4, 0.5) is 5.69 Å². The van der Waals surface area contributed by atoms with Gasteiger partial charge in [0.15, 0.2) is 0 Å². The van der Waals surface area contributed by atoms with E-state index in [-0.39, 0.29) is 10.9 Å². The molecule has 1 amide bonds. The Bertz CT molecular complexity index is 498. The van der Waals surface area contributed by atoms with Gasteiger partial charge in [-0.15, -0.1) is 0 Å². The number of ether oxygens (including phenoxy) is 1. The van der Waals surface area contributed by atoms with E-state index < -0.39 is 5.41 Å². The van der Waals surface area contributed by atoms with Gasteiger partial charge >= 0.3 is 0 Å². The van der Waals surface area contributed by atoms with Crippen LogP contribution in [0.1, 0.15) is 12.8 Å². The molecule has 18 heavy (non-hydrogen) atoms. The number of hydrogen-bond acceptors (Lipinski definition) is 3. The van der Waals surface area contributed by atoms with Crippen molar-refractivity contribution in [3.8, 4) is 5.75 Å². The number of carbonyl (C=O) groups is 1. The van der Waals surface area contributed by atoms with E-state index in [1.54, 1.807) is 19.1 Å². The molecule has 0 bridgehead atoms. The van der Waals surface area contributed by atoms with Crippen molar-refractivity contribution in [1.29, 1.82) is 0 Å². The van der Waals surface area contributed by atoms with Crippen LogP contribution in [0, 0.1) is 5.41 Å². The highest BCUT2D eigenvalue weighted by atomic mass is 32.1. The molecule has 0 atom stereocenters. The first-order valence-electron chi connectivity index (χ1n) is 5.74. The Morgan fingerprint density at radius 1 is 1.44 bits per heavy atom. The molecule has 0 heterocycles. The number of carbonyl (C=O) groups excluding carboxylic acids is 1. The van der Waals surface area contributed by atoms with Gasteiger partial charge in [-0.1, -0.05) is 24.4 Å². The molecule has 5 heteroatoms. The number of thiocarbonyl (C=S) groups is 1. The van der Waals surface area contributed by atoms with Crippen LogP contribution in [0.15, 0.2) is 24.3 Å². The van der Waals surface area contributed by atoms with Crippen molar-refractivity contribution in [3.63, 3.8) is 0 Å². The lowest BCUT2D eigenvalue weighted by Crippen LogP contribution is -2.41. The van der Waals surface area contributed by atoms with Crippen molar-refractivity contribution < 1.29 is 9.53 Å². The summed E-state index contributed by atoms with van der Waals surface area (Å²) in [5.74, 6) is 0.603. The molecule has 1 aromatic rings. The molecule has 2 N–H and O–H groups in total. The SMILES string of the molecule is COc1ccccc1N(C)C(=O)C1(C(N)=S)CC1. The van der Waals surface area contributed by atoms with E-state index >= 15 is 0 Å². The van der Waals surface area contributed by atoms with Gasteiger partial charge in [-0.05, 0) is 25.0 Å². The van der Waals surface area contributed by atoms with Gasteiger partial charge in [0.05, 0.1) is 23.2 Å². The van der Waals surface area contributed by atoms with E-state index in [0.717, 1.165) is 18.5 Å². The Morgan fingerprint density at radius 3 is 2.56 bits per heavy atom. The number of amides is 1. The van der Waals surface area contributed by atoms with Crippen LogP contribution in [0.5, 0.6) is 5.75 Å². The zero-order valence-electron chi connectivity index (χ0n) is 10.5. The maximum absolute atomic E-state index is 12.4. The highest BCUT2D eigenvalue weighted by Crippen LogP contribution is 2.48. The molecule has 1 aliphatic carbocycles. The third-order valence-electron chi connectivity index (χ3n) is 3.38. The summed E-state index contributed by atoms with van der Waals surface area (Å²) in [5.41, 5.74) is 5.77. The van der Waals surface area contributed by atoms with Gasteiger partial charge in [-0.2, -0.15) is 0 Å². The largest absolute Gasteiger partial charge is 0.495 e. The predicted molar refractivity (Wildman–Crippen MR) is 74.9 cm³/mol. The number of nitrogens with zero attached hydrogens (tertiary/aromatic N) is 1. The molecule has 0 unspecified atom stereocenters. The zero-order chi connectivity index (χ0) is 13.3.